The van der Waals surface area contributed by atoms with Crippen molar-refractivity contribution in [2.24, 2.45) is 10.7 Å². The van der Waals surface area contributed by atoms with E-state index in [1.807, 2.05) is 6.20 Å². The van der Waals surface area contributed by atoms with E-state index in [1.54, 1.807) is 6.20 Å². The van der Waals surface area contributed by atoms with Crippen LogP contribution in [0.5, 0.6) is 0 Å². The van der Waals surface area contributed by atoms with Crippen molar-refractivity contribution in [1.82, 2.24) is 0 Å². The van der Waals surface area contributed by atoms with Gasteiger partial charge in [-0.1, -0.05) is 108 Å². The molecule has 0 saturated carbocycles. The van der Waals surface area contributed by atoms with Gasteiger partial charge in [-0.05, 0) is 26.2 Å². The van der Waals surface area contributed by atoms with Gasteiger partial charge in [0.05, 0.1) is 6.20 Å². The molecule has 0 fully saturated rings. The zero-order valence-electron chi connectivity index (χ0n) is 22.2. The van der Waals surface area contributed by atoms with E-state index in [0.717, 1.165) is 18.7 Å². The second-order valence-electron chi connectivity index (χ2n) is 10.1. The number of quaternary nitrogens is 1. The molecule has 5 nitrogen and oxygen atoms in total. The Morgan fingerprint density at radius 3 is 1.76 bits per heavy atom. The lowest BCUT2D eigenvalue weighted by Crippen LogP contribution is -2.52. The number of unbranched alkanes of at least 4 members (excludes halogenated alkanes) is 17. The topological polar surface area (TPSA) is 75.7 Å². The summed E-state index contributed by atoms with van der Waals surface area (Å²) in [6.45, 7) is 3.23. The summed E-state index contributed by atoms with van der Waals surface area (Å²) in [4.78, 5) is 15.8. The molecule has 34 heavy (non-hydrogen) atoms. The molecule has 0 saturated heterocycles. The normalized spacial score (nSPS) is 17.6. The highest BCUT2D eigenvalue weighted by Gasteiger charge is 2.36. The number of carboxylic acid groups (broad SMARTS) is 1. The molecule has 1 rings (SSSR count). The van der Waals surface area contributed by atoms with E-state index in [2.05, 4.69) is 24.1 Å². The summed E-state index contributed by atoms with van der Waals surface area (Å²) in [7, 11) is 0. The molecule has 5 heteroatoms. The van der Waals surface area contributed by atoms with Crippen molar-refractivity contribution in [2.75, 3.05) is 19.6 Å². The van der Waals surface area contributed by atoms with Crippen LogP contribution in [-0.4, -0.2) is 41.0 Å². The van der Waals surface area contributed by atoms with Crippen LogP contribution in [0.25, 0.3) is 0 Å². The van der Waals surface area contributed by atoms with Gasteiger partial charge < -0.3 is 10.8 Å². The fourth-order valence-corrected chi connectivity index (χ4v) is 5.00. The van der Waals surface area contributed by atoms with Crippen LogP contribution < -0.4 is 5.73 Å². The van der Waals surface area contributed by atoms with Gasteiger partial charge in [0.25, 0.3) is 0 Å². The van der Waals surface area contributed by atoms with Gasteiger partial charge in [0.2, 0.25) is 5.84 Å². The molecule has 1 heterocycles. The van der Waals surface area contributed by atoms with Gasteiger partial charge in [-0.15, -0.1) is 0 Å². The largest absolute Gasteiger partial charge is 0.477 e. The van der Waals surface area contributed by atoms with Crippen molar-refractivity contribution in [1.29, 1.82) is 0 Å². The quantitative estimate of drug-likeness (QED) is 0.0850. The number of aliphatic imine (C=N–C) groups is 1. The first kappa shape index (κ1) is 30.6. The first-order chi connectivity index (χ1) is 16.6. The van der Waals surface area contributed by atoms with Gasteiger partial charge in [-0.25, -0.2) is 14.3 Å². The lowest BCUT2D eigenvalue weighted by molar-refractivity contribution is -0.778. The molecule has 1 unspecified atom stereocenters. The third kappa shape index (κ3) is 14.7. The number of nitrogens with two attached hydrogens (primary N) is 1. The Labute approximate surface area is 210 Å². The summed E-state index contributed by atoms with van der Waals surface area (Å²) in [6, 6.07) is 0. The molecule has 1 aliphatic rings. The number of aliphatic carboxylic acids is 1. The lowest BCUT2D eigenvalue weighted by Gasteiger charge is -2.30. The summed E-state index contributed by atoms with van der Waals surface area (Å²) >= 11 is 0. The SMILES string of the molecule is C/C=C/CCCCCCCCCCCCCCCCCCCC1=NC=C[N+]1(CCN)CC(=O)O. The Bertz CT molecular complexity index is 600. The third-order valence-corrected chi connectivity index (χ3v) is 7.04. The molecule has 0 aromatic heterocycles. The maximum Gasteiger partial charge on any atom is 0.360 e. The van der Waals surface area contributed by atoms with E-state index in [9.17, 15) is 9.90 Å². The highest BCUT2D eigenvalue weighted by Crippen LogP contribution is 2.21. The van der Waals surface area contributed by atoms with Crippen molar-refractivity contribution in [3.63, 3.8) is 0 Å². The van der Waals surface area contributed by atoms with Crippen molar-refractivity contribution in [3.8, 4) is 0 Å². The average Bonchev–Trinajstić information content (AvgIpc) is 3.19. The van der Waals surface area contributed by atoms with Gasteiger partial charge in [-0.3, -0.25) is 0 Å². The summed E-state index contributed by atoms with van der Waals surface area (Å²) in [5.74, 6) is 0.169. The molecular formula is C29H54N3O2+. The number of nitrogens with zero attached hydrogens (tertiary/aromatic N) is 2. The first-order valence-electron chi connectivity index (χ1n) is 14.3. The first-order valence-corrected chi connectivity index (χ1v) is 14.3. The van der Waals surface area contributed by atoms with Gasteiger partial charge in [0, 0.05) is 13.0 Å². The molecule has 1 aliphatic heterocycles. The second kappa shape index (κ2) is 20.9. The Balaban J connectivity index is 1.87. The maximum atomic E-state index is 11.3. The molecule has 0 aromatic carbocycles. The number of hydrogen-bond acceptors (Lipinski definition) is 3. The predicted octanol–water partition coefficient (Wildman–Crippen LogP) is 7.72. The minimum absolute atomic E-state index is 0.0455. The molecule has 1 atom stereocenters. The minimum atomic E-state index is -0.797. The summed E-state index contributed by atoms with van der Waals surface area (Å²) < 4.78 is 0.308. The lowest BCUT2D eigenvalue weighted by atomic mass is 10.0. The second-order valence-corrected chi connectivity index (χ2v) is 10.1. The van der Waals surface area contributed by atoms with Gasteiger partial charge in [-0.2, -0.15) is 0 Å². The van der Waals surface area contributed by atoms with E-state index < -0.39 is 5.97 Å². The van der Waals surface area contributed by atoms with Crippen LogP contribution in [0.4, 0.5) is 0 Å². The predicted molar refractivity (Wildman–Crippen MR) is 146 cm³/mol. The van der Waals surface area contributed by atoms with E-state index in [1.165, 1.54) is 109 Å². The Morgan fingerprint density at radius 1 is 0.853 bits per heavy atom. The van der Waals surface area contributed by atoms with Crippen LogP contribution >= 0.6 is 0 Å². The average molecular weight is 477 g/mol. The van der Waals surface area contributed by atoms with E-state index in [4.69, 9.17) is 5.73 Å². The Morgan fingerprint density at radius 2 is 1.32 bits per heavy atom. The number of hydrogen-bond donors (Lipinski definition) is 2. The summed E-state index contributed by atoms with van der Waals surface area (Å²) in [5, 5.41) is 9.28. The molecule has 0 spiro atoms. The van der Waals surface area contributed by atoms with Crippen LogP contribution in [0.15, 0.2) is 29.5 Å². The van der Waals surface area contributed by atoms with Crippen LogP contribution in [-0.2, 0) is 4.79 Å². The van der Waals surface area contributed by atoms with Crippen molar-refractivity contribution in [3.05, 3.63) is 24.6 Å². The molecule has 196 valence electrons. The molecule has 0 bridgehead atoms. The standard InChI is InChI=1S/C29H53N3O2/c1-2-3-4-5-6-7-8-9-10-11-12-13-14-15-16-17-18-19-20-21-22-28-31-24-26-32(28,25-23-30)27-29(33)34/h2-3,24,26H,4-23,25,27,30H2,1H3/p+1/b3-2+. The highest BCUT2D eigenvalue weighted by molar-refractivity contribution is 5.81. The minimum Gasteiger partial charge on any atom is -0.477 e. The Kier molecular flexibility index (Phi) is 18.8. The fourth-order valence-electron chi connectivity index (χ4n) is 5.00. The summed E-state index contributed by atoms with van der Waals surface area (Å²) in [5.41, 5.74) is 5.74. The number of amidine groups is 1. The van der Waals surface area contributed by atoms with Gasteiger partial charge >= 0.3 is 5.97 Å². The number of carboxylic acids is 1. The van der Waals surface area contributed by atoms with Crippen LogP contribution in [0.2, 0.25) is 0 Å². The van der Waals surface area contributed by atoms with Crippen molar-refractivity contribution in [2.45, 2.75) is 129 Å². The maximum absolute atomic E-state index is 11.3. The van der Waals surface area contributed by atoms with Crippen LogP contribution in [0.1, 0.15) is 129 Å². The van der Waals surface area contributed by atoms with Crippen molar-refractivity contribution >= 4 is 11.8 Å². The molecule has 0 aliphatic carbocycles. The number of rotatable bonds is 24. The van der Waals surface area contributed by atoms with E-state index in [0.29, 0.717) is 17.6 Å². The van der Waals surface area contributed by atoms with Gasteiger partial charge in [0.1, 0.15) is 12.7 Å². The third-order valence-electron chi connectivity index (χ3n) is 7.04. The number of allylic oxidation sites excluding steroid dienone is 2. The van der Waals surface area contributed by atoms with Crippen LogP contribution in [0, 0.1) is 0 Å². The van der Waals surface area contributed by atoms with E-state index in [-0.39, 0.29) is 6.54 Å². The molecule has 0 aromatic rings. The van der Waals surface area contributed by atoms with Crippen molar-refractivity contribution < 1.29 is 14.4 Å². The van der Waals surface area contributed by atoms with E-state index >= 15 is 0 Å². The number of carbonyl (C=O) groups is 1. The monoisotopic (exact) mass is 476 g/mol. The molecule has 3 N–H and O–H groups in total. The fraction of sp³-hybridized carbons (Fsp3) is 0.793. The molecule has 0 radical (unpaired) electrons. The zero-order chi connectivity index (χ0) is 24.7. The summed E-state index contributed by atoms with van der Waals surface area (Å²) in [6.07, 6.45) is 33.4. The zero-order valence-corrected chi connectivity index (χ0v) is 22.2. The smallest absolute Gasteiger partial charge is 0.360 e. The molecule has 0 amide bonds. The van der Waals surface area contributed by atoms with Crippen LogP contribution in [0.3, 0.4) is 0 Å². The van der Waals surface area contributed by atoms with Gasteiger partial charge in [0.15, 0.2) is 6.54 Å². The highest BCUT2D eigenvalue weighted by atomic mass is 16.4. The molecular weight excluding hydrogens is 422 g/mol. The Hall–Kier alpha value is -1.46.